The van der Waals surface area contributed by atoms with Crippen molar-refractivity contribution < 1.29 is 9.53 Å². The molecule has 1 N–H and O–H groups in total. The Labute approximate surface area is 113 Å². The van der Waals surface area contributed by atoms with Gasteiger partial charge in [0.1, 0.15) is 6.54 Å². The van der Waals surface area contributed by atoms with Crippen molar-refractivity contribution in [1.29, 1.82) is 0 Å². The van der Waals surface area contributed by atoms with Gasteiger partial charge in [-0.05, 0) is 29.0 Å². The third-order valence-electron chi connectivity index (χ3n) is 2.02. The zero-order valence-corrected chi connectivity index (χ0v) is 11.6. The number of ether oxygens (including phenoxy) is 1. The summed E-state index contributed by atoms with van der Waals surface area (Å²) < 4.78 is 6.64. The summed E-state index contributed by atoms with van der Waals surface area (Å²) in [6.07, 6.45) is 3.58. The van der Waals surface area contributed by atoms with Gasteiger partial charge in [-0.25, -0.2) is 4.98 Å². The fraction of sp³-hybridized carbons (Fsp3) is 0.500. The summed E-state index contributed by atoms with van der Waals surface area (Å²) in [7, 11) is 1.61. The number of aromatic nitrogens is 2. The van der Waals surface area contributed by atoms with E-state index in [-0.39, 0.29) is 18.0 Å². The highest BCUT2D eigenvalue weighted by Gasteiger charge is 2.05. The molecule has 0 radical (unpaired) electrons. The lowest BCUT2D eigenvalue weighted by molar-refractivity contribution is -0.121. The molecule has 0 saturated carbocycles. The molecule has 17 heavy (non-hydrogen) atoms. The summed E-state index contributed by atoms with van der Waals surface area (Å²) in [5.74, 6) is -0.202. The first-order chi connectivity index (χ1) is 8.15. The van der Waals surface area contributed by atoms with Crippen molar-refractivity contribution in [3.8, 4) is 0 Å². The minimum Gasteiger partial charge on any atom is -0.385 e. The van der Waals surface area contributed by atoms with Gasteiger partial charge in [0.25, 0.3) is 5.56 Å². The average molecular weight is 351 g/mol. The standard InChI is InChI=1S/C10H14IN3O3/c1-17-4-2-3-13-9(15)6-14-7-12-5-8(11)10(14)16/h5,7H,2-4,6H2,1H3,(H,13,15). The Morgan fingerprint density at radius 1 is 1.65 bits per heavy atom. The van der Waals surface area contributed by atoms with Crippen LogP contribution in [-0.2, 0) is 16.1 Å². The number of carbonyl (C=O) groups is 1. The van der Waals surface area contributed by atoms with Crippen molar-refractivity contribution in [2.45, 2.75) is 13.0 Å². The lowest BCUT2D eigenvalue weighted by Crippen LogP contribution is -2.33. The van der Waals surface area contributed by atoms with Crippen LogP contribution in [0, 0.1) is 3.57 Å². The van der Waals surface area contributed by atoms with E-state index < -0.39 is 0 Å². The van der Waals surface area contributed by atoms with E-state index in [1.165, 1.54) is 17.1 Å². The second-order valence-corrected chi connectivity index (χ2v) is 4.53. The summed E-state index contributed by atoms with van der Waals surface area (Å²) in [5.41, 5.74) is -0.201. The monoisotopic (exact) mass is 351 g/mol. The van der Waals surface area contributed by atoms with Crippen LogP contribution in [0.15, 0.2) is 17.3 Å². The minimum absolute atomic E-state index is 0.00431. The molecule has 0 atom stereocenters. The summed E-state index contributed by atoms with van der Waals surface area (Å²) in [5, 5.41) is 2.70. The van der Waals surface area contributed by atoms with Gasteiger partial charge in [-0.15, -0.1) is 0 Å². The van der Waals surface area contributed by atoms with Gasteiger partial charge in [-0.1, -0.05) is 0 Å². The molecule has 0 unspecified atom stereocenters. The van der Waals surface area contributed by atoms with Crippen molar-refractivity contribution in [3.63, 3.8) is 0 Å². The Morgan fingerprint density at radius 2 is 2.41 bits per heavy atom. The predicted molar refractivity (Wildman–Crippen MR) is 70.7 cm³/mol. The van der Waals surface area contributed by atoms with Crippen molar-refractivity contribution in [2.24, 2.45) is 0 Å². The Hall–Kier alpha value is -0.960. The second kappa shape index (κ2) is 7.38. The number of rotatable bonds is 6. The second-order valence-electron chi connectivity index (χ2n) is 3.37. The van der Waals surface area contributed by atoms with Gasteiger partial charge < -0.3 is 10.1 Å². The molecule has 6 nitrogen and oxygen atoms in total. The van der Waals surface area contributed by atoms with Crippen molar-refractivity contribution in [1.82, 2.24) is 14.9 Å². The minimum atomic E-state index is -0.202. The van der Waals surface area contributed by atoms with Gasteiger partial charge >= 0.3 is 0 Å². The van der Waals surface area contributed by atoms with Crippen molar-refractivity contribution in [2.75, 3.05) is 20.3 Å². The van der Waals surface area contributed by atoms with Crippen LogP contribution in [0.5, 0.6) is 0 Å². The van der Waals surface area contributed by atoms with Crippen LogP contribution in [0.3, 0.4) is 0 Å². The van der Waals surface area contributed by atoms with E-state index in [1.54, 1.807) is 7.11 Å². The molecular formula is C10H14IN3O3. The van der Waals surface area contributed by atoms with Crippen LogP contribution in [0.25, 0.3) is 0 Å². The zero-order valence-electron chi connectivity index (χ0n) is 9.48. The third-order valence-corrected chi connectivity index (χ3v) is 2.76. The molecule has 0 aliphatic heterocycles. The molecule has 1 aromatic heterocycles. The molecule has 1 rings (SSSR count). The average Bonchev–Trinajstić information content (AvgIpc) is 2.31. The van der Waals surface area contributed by atoms with E-state index in [2.05, 4.69) is 10.3 Å². The Bertz CT molecular complexity index is 433. The maximum Gasteiger partial charge on any atom is 0.267 e. The highest BCUT2D eigenvalue weighted by atomic mass is 127. The number of methoxy groups -OCH3 is 1. The van der Waals surface area contributed by atoms with Crippen LogP contribution >= 0.6 is 22.6 Å². The molecule has 0 aliphatic carbocycles. The lowest BCUT2D eigenvalue weighted by Gasteiger charge is -2.06. The van der Waals surface area contributed by atoms with Crippen molar-refractivity contribution >= 4 is 28.5 Å². The molecule has 0 aliphatic rings. The highest BCUT2D eigenvalue weighted by molar-refractivity contribution is 14.1. The van der Waals surface area contributed by atoms with Gasteiger partial charge in [0, 0.05) is 26.5 Å². The first-order valence-corrected chi connectivity index (χ1v) is 6.18. The first kappa shape index (κ1) is 14.1. The zero-order chi connectivity index (χ0) is 12.7. The van der Waals surface area contributed by atoms with Gasteiger partial charge in [0.2, 0.25) is 5.91 Å². The maximum atomic E-state index is 11.6. The van der Waals surface area contributed by atoms with Crippen LogP contribution in [0.1, 0.15) is 6.42 Å². The third kappa shape index (κ3) is 4.82. The molecule has 1 aromatic rings. The SMILES string of the molecule is COCCCNC(=O)Cn1cncc(I)c1=O. The molecule has 1 amide bonds. The van der Waals surface area contributed by atoms with Crippen LogP contribution in [0.4, 0.5) is 0 Å². The van der Waals surface area contributed by atoms with Gasteiger partial charge in [-0.2, -0.15) is 0 Å². The van der Waals surface area contributed by atoms with Gasteiger partial charge in [0.15, 0.2) is 0 Å². The van der Waals surface area contributed by atoms with E-state index in [1.807, 2.05) is 22.6 Å². The van der Waals surface area contributed by atoms with Crippen LogP contribution in [0.2, 0.25) is 0 Å². The summed E-state index contributed by atoms with van der Waals surface area (Å²) in [6, 6.07) is 0. The lowest BCUT2D eigenvalue weighted by atomic mass is 10.4. The summed E-state index contributed by atoms with van der Waals surface area (Å²) in [6.45, 7) is 1.14. The first-order valence-electron chi connectivity index (χ1n) is 5.10. The number of amides is 1. The normalized spacial score (nSPS) is 10.2. The molecule has 0 aromatic carbocycles. The maximum absolute atomic E-state index is 11.6. The fourth-order valence-electron chi connectivity index (χ4n) is 1.19. The van der Waals surface area contributed by atoms with E-state index in [4.69, 9.17) is 4.74 Å². The van der Waals surface area contributed by atoms with E-state index in [9.17, 15) is 9.59 Å². The smallest absolute Gasteiger partial charge is 0.267 e. The molecule has 0 bridgehead atoms. The number of hydrogen-bond acceptors (Lipinski definition) is 4. The Balaban J connectivity index is 2.46. The van der Waals surface area contributed by atoms with Crippen LogP contribution < -0.4 is 10.9 Å². The quantitative estimate of drug-likeness (QED) is 0.579. The summed E-state index contributed by atoms with van der Waals surface area (Å²) in [4.78, 5) is 27.0. The predicted octanol–water partition coefficient (Wildman–Crippen LogP) is 0.000600. The number of nitrogens with zero attached hydrogens (tertiary/aromatic N) is 2. The van der Waals surface area contributed by atoms with E-state index in [0.29, 0.717) is 16.7 Å². The Kier molecular flexibility index (Phi) is 6.12. The summed E-state index contributed by atoms with van der Waals surface area (Å²) >= 11 is 1.89. The number of halogens is 1. The molecule has 1 heterocycles. The Morgan fingerprint density at radius 3 is 3.12 bits per heavy atom. The van der Waals surface area contributed by atoms with Crippen molar-refractivity contribution in [3.05, 3.63) is 26.4 Å². The van der Waals surface area contributed by atoms with Crippen LogP contribution in [-0.4, -0.2) is 35.7 Å². The number of carbonyl (C=O) groups excluding carboxylic acids is 1. The molecule has 7 heteroatoms. The number of hydrogen-bond donors (Lipinski definition) is 1. The molecule has 0 fully saturated rings. The molecule has 94 valence electrons. The van der Waals surface area contributed by atoms with E-state index in [0.717, 1.165) is 6.42 Å². The topological polar surface area (TPSA) is 73.2 Å². The molecular weight excluding hydrogens is 337 g/mol. The number of nitrogens with one attached hydrogen (secondary N) is 1. The highest BCUT2D eigenvalue weighted by Crippen LogP contribution is 1.92. The molecule has 0 saturated heterocycles. The van der Waals surface area contributed by atoms with Gasteiger partial charge in [-0.3, -0.25) is 14.2 Å². The largest absolute Gasteiger partial charge is 0.385 e. The molecule has 0 spiro atoms. The van der Waals surface area contributed by atoms with E-state index >= 15 is 0 Å². The van der Waals surface area contributed by atoms with Gasteiger partial charge in [0.05, 0.1) is 9.90 Å². The fourth-order valence-corrected chi connectivity index (χ4v) is 1.66.